The summed E-state index contributed by atoms with van der Waals surface area (Å²) in [4.78, 5) is 4.37. The molecule has 1 rings (SSSR count). The Morgan fingerprint density at radius 1 is 1.30 bits per heavy atom. The highest BCUT2D eigenvalue weighted by atomic mass is 32.2. The normalized spacial score (nSPS) is 12.7. The third-order valence-electron chi connectivity index (χ3n) is 2.70. The van der Waals surface area contributed by atoms with E-state index in [9.17, 15) is 8.42 Å². The molecule has 0 saturated heterocycles. The third-order valence-corrected chi connectivity index (χ3v) is 4.48. The summed E-state index contributed by atoms with van der Waals surface area (Å²) < 4.78 is 26.2. The monoisotopic (exact) mass is 299 g/mol. The molecule has 1 heterocycles. The van der Waals surface area contributed by atoms with Crippen LogP contribution in [0.15, 0.2) is 23.2 Å². The van der Waals surface area contributed by atoms with Gasteiger partial charge in [0.25, 0.3) is 0 Å². The topological polar surface area (TPSA) is 62.3 Å². The highest BCUT2D eigenvalue weighted by Crippen LogP contribution is 2.20. The molecular weight excluding hydrogens is 274 g/mol. The van der Waals surface area contributed by atoms with E-state index in [2.05, 4.69) is 17.2 Å². The number of nitrogens with zero attached hydrogens (tertiary/aromatic N) is 2. The summed E-state index contributed by atoms with van der Waals surface area (Å²) in [7, 11) is -1.87. The van der Waals surface area contributed by atoms with Crippen LogP contribution >= 0.6 is 0 Å². The van der Waals surface area contributed by atoms with E-state index < -0.39 is 10.0 Å². The Morgan fingerprint density at radius 3 is 2.40 bits per heavy atom. The van der Waals surface area contributed by atoms with E-state index in [0.29, 0.717) is 12.4 Å². The predicted molar refractivity (Wildman–Crippen MR) is 82.3 cm³/mol. The van der Waals surface area contributed by atoms with Crippen molar-refractivity contribution in [1.82, 2.24) is 9.29 Å². The summed E-state index contributed by atoms with van der Waals surface area (Å²) in [5.74, 6) is 0.698. The summed E-state index contributed by atoms with van der Waals surface area (Å²) in [6.45, 7) is 9.38. The lowest BCUT2D eigenvalue weighted by atomic mass is 9.97. The van der Waals surface area contributed by atoms with Gasteiger partial charge < -0.3 is 5.32 Å². The van der Waals surface area contributed by atoms with Gasteiger partial charge in [-0.2, -0.15) is 0 Å². The molecule has 1 aromatic rings. The first-order valence-electron chi connectivity index (χ1n) is 6.83. The lowest BCUT2D eigenvalue weighted by Crippen LogP contribution is -2.34. The average Bonchev–Trinajstić information content (AvgIpc) is 2.34. The lowest BCUT2D eigenvalue weighted by Gasteiger charge is -2.26. The second kappa shape index (κ2) is 6.54. The Bertz CT molecular complexity index is 518. The van der Waals surface area contributed by atoms with Gasteiger partial charge in [0.05, 0.1) is 0 Å². The van der Waals surface area contributed by atoms with Crippen LogP contribution in [0.25, 0.3) is 0 Å². The number of anilines is 1. The zero-order valence-corrected chi connectivity index (χ0v) is 13.8. The minimum Gasteiger partial charge on any atom is -0.370 e. The maximum Gasteiger partial charge on any atom is 0.244 e. The molecule has 1 aromatic heterocycles. The van der Waals surface area contributed by atoms with Crippen LogP contribution in [-0.2, 0) is 10.0 Å². The average molecular weight is 299 g/mol. The molecule has 5 nitrogen and oxygen atoms in total. The Balaban J connectivity index is 2.87. The molecule has 0 radical (unpaired) electrons. The molecule has 114 valence electrons. The number of hydrogen-bond acceptors (Lipinski definition) is 4. The van der Waals surface area contributed by atoms with Crippen molar-refractivity contribution < 1.29 is 8.42 Å². The number of pyridine rings is 1. The minimum absolute atomic E-state index is 0.0854. The van der Waals surface area contributed by atoms with Gasteiger partial charge in [-0.25, -0.2) is 17.7 Å². The fraction of sp³-hybridized carbons (Fsp3) is 0.643. The van der Waals surface area contributed by atoms with Gasteiger partial charge in [-0.05, 0) is 24.0 Å². The maximum atomic E-state index is 12.4. The first kappa shape index (κ1) is 16.9. The number of nitrogens with one attached hydrogen (secondary N) is 1. The van der Waals surface area contributed by atoms with Gasteiger partial charge in [-0.15, -0.1) is 0 Å². The molecule has 0 unspecified atom stereocenters. The largest absolute Gasteiger partial charge is 0.370 e. The zero-order valence-electron chi connectivity index (χ0n) is 13.0. The van der Waals surface area contributed by atoms with Crippen molar-refractivity contribution in [2.24, 2.45) is 5.41 Å². The van der Waals surface area contributed by atoms with Crippen LogP contribution in [0, 0.1) is 5.41 Å². The number of hydrogen-bond donors (Lipinski definition) is 1. The first-order chi connectivity index (χ1) is 9.16. The third kappa shape index (κ3) is 4.76. The predicted octanol–water partition coefficient (Wildman–Crippen LogP) is 2.57. The molecule has 20 heavy (non-hydrogen) atoms. The summed E-state index contributed by atoms with van der Waals surface area (Å²) in [5.41, 5.74) is -0.0854. The van der Waals surface area contributed by atoms with Gasteiger partial charge >= 0.3 is 0 Å². The van der Waals surface area contributed by atoms with Crippen LogP contribution in [0.5, 0.6) is 0 Å². The smallest absolute Gasteiger partial charge is 0.244 e. The molecule has 0 aliphatic carbocycles. The van der Waals surface area contributed by atoms with Crippen molar-refractivity contribution in [3.05, 3.63) is 18.3 Å². The first-order valence-corrected chi connectivity index (χ1v) is 8.27. The molecule has 6 heteroatoms. The summed E-state index contributed by atoms with van der Waals surface area (Å²) in [5, 5.41) is 3.12. The summed E-state index contributed by atoms with van der Waals surface area (Å²) in [6, 6.07) is 3.30. The minimum atomic E-state index is -3.47. The van der Waals surface area contributed by atoms with Crippen molar-refractivity contribution >= 4 is 15.8 Å². The standard InChI is InChI=1S/C14H25N3O2S/c1-6-9-15-13-8-7-12(10-16-13)20(18,19)17(5)11-14(2,3)4/h7-8,10H,6,9,11H2,1-5H3,(H,15,16). The van der Waals surface area contributed by atoms with Crippen molar-refractivity contribution in [2.75, 3.05) is 25.5 Å². The van der Waals surface area contributed by atoms with E-state index in [1.165, 1.54) is 10.5 Å². The van der Waals surface area contributed by atoms with Gasteiger partial charge in [-0.3, -0.25) is 0 Å². The molecule has 0 amide bonds. The Labute approximate surface area is 122 Å². The quantitative estimate of drug-likeness (QED) is 0.877. The molecule has 0 aliphatic heterocycles. The van der Waals surface area contributed by atoms with Gasteiger partial charge in [0.2, 0.25) is 10.0 Å². The molecule has 0 atom stereocenters. The number of aromatic nitrogens is 1. The van der Waals surface area contributed by atoms with E-state index in [4.69, 9.17) is 0 Å². The van der Waals surface area contributed by atoms with Crippen molar-refractivity contribution in [3.63, 3.8) is 0 Å². The van der Waals surface area contributed by atoms with Gasteiger partial charge in [0.15, 0.2) is 0 Å². The molecule has 0 fully saturated rings. The van der Waals surface area contributed by atoms with Crippen molar-refractivity contribution in [3.8, 4) is 0 Å². The van der Waals surface area contributed by atoms with Crippen molar-refractivity contribution in [2.45, 2.75) is 39.0 Å². The Hall–Kier alpha value is -1.14. The van der Waals surface area contributed by atoms with Gasteiger partial charge in [-0.1, -0.05) is 27.7 Å². The molecular formula is C14H25N3O2S. The Morgan fingerprint density at radius 2 is 1.95 bits per heavy atom. The van der Waals surface area contributed by atoms with Crippen LogP contribution in [0.1, 0.15) is 34.1 Å². The van der Waals surface area contributed by atoms with Crippen LogP contribution in [0.2, 0.25) is 0 Å². The second-order valence-corrected chi connectivity index (χ2v) is 8.17. The molecule has 1 N–H and O–H groups in total. The van der Waals surface area contributed by atoms with E-state index in [1.54, 1.807) is 19.2 Å². The van der Waals surface area contributed by atoms with E-state index in [1.807, 2.05) is 20.8 Å². The van der Waals surface area contributed by atoms with E-state index in [-0.39, 0.29) is 10.3 Å². The van der Waals surface area contributed by atoms with E-state index >= 15 is 0 Å². The summed E-state index contributed by atoms with van der Waals surface area (Å²) >= 11 is 0. The molecule has 0 bridgehead atoms. The SMILES string of the molecule is CCCNc1ccc(S(=O)(=O)N(C)CC(C)(C)C)cn1. The molecule has 0 saturated carbocycles. The molecule has 0 spiro atoms. The van der Waals surface area contributed by atoms with Crippen LogP contribution in [0.4, 0.5) is 5.82 Å². The van der Waals surface area contributed by atoms with E-state index in [0.717, 1.165) is 13.0 Å². The number of sulfonamides is 1. The van der Waals surface area contributed by atoms with Crippen LogP contribution in [-0.4, -0.2) is 37.8 Å². The second-order valence-electron chi connectivity index (χ2n) is 6.13. The molecule has 0 aliphatic rings. The molecule has 0 aromatic carbocycles. The Kier molecular flexibility index (Phi) is 5.53. The van der Waals surface area contributed by atoms with Gasteiger partial charge in [0.1, 0.15) is 10.7 Å². The number of rotatable bonds is 6. The fourth-order valence-corrected chi connectivity index (χ4v) is 3.17. The fourth-order valence-electron chi connectivity index (χ4n) is 1.82. The summed E-state index contributed by atoms with van der Waals surface area (Å²) in [6.07, 6.45) is 2.41. The van der Waals surface area contributed by atoms with Crippen LogP contribution < -0.4 is 5.32 Å². The van der Waals surface area contributed by atoms with Gasteiger partial charge in [0, 0.05) is 26.3 Å². The highest BCUT2D eigenvalue weighted by Gasteiger charge is 2.25. The van der Waals surface area contributed by atoms with Crippen LogP contribution in [0.3, 0.4) is 0 Å². The highest BCUT2D eigenvalue weighted by molar-refractivity contribution is 7.89. The van der Waals surface area contributed by atoms with Crippen molar-refractivity contribution in [1.29, 1.82) is 0 Å². The lowest BCUT2D eigenvalue weighted by molar-refractivity contribution is 0.310. The maximum absolute atomic E-state index is 12.4. The zero-order chi connectivity index (χ0) is 15.4.